The Hall–Kier alpha value is -1.88. The second-order valence-corrected chi connectivity index (χ2v) is 7.68. The summed E-state index contributed by atoms with van der Waals surface area (Å²) in [5.74, 6) is 0.677. The van der Waals surface area contributed by atoms with Crippen LogP contribution in [0.2, 0.25) is 0 Å². The Morgan fingerprint density at radius 1 is 1.12 bits per heavy atom. The molecule has 2 saturated heterocycles. The third kappa shape index (κ3) is 3.78. The molecule has 3 aliphatic rings. The molecule has 1 unspecified atom stereocenters. The molecule has 0 bridgehead atoms. The maximum absolute atomic E-state index is 8.71. The number of hydrogen-bond donors (Lipinski definition) is 2. The van der Waals surface area contributed by atoms with Crippen LogP contribution in [0, 0.1) is 5.41 Å². The average Bonchev–Trinajstić information content (AvgIpc) is 3.10. The van der Waals surface area contributed by atoms with Gasteiger partial charge in [0.15, 0.2) is 0 Å². The topological polar surface area (TPSA) is 60.7 Å². The fourth-order valence-corrected chi connectivity index (χ4v) is 4.35. The van der Waals surface area contributed by atoms with Gasteiger partial charge >= 0.3 is 0 Å². The Kier molecular flexibility index (Phi) is 5.54. The molecule has 0 saturated carbocycles. The summed E-state index contributed by atoms with van der Waals surface area (Å²) < 4.78 is 0. The number of amidine groups is 1. The lowest BCUT2D eigenvalue weighted by molar-refractivity contribution is 0.174. The number of likely N-dealkylation sites (tertiary alicyclic amines) is 1. The second kappa shape index (κ2) is 8.21. The molecule has 26 heavy (non-hydrogen) atoms. The van der Waals surface area contributed by atoms with Crippen LogP contribution in [-0.2, 0) is 4.84 Å². The zero-order chi connectivity index (χ0) is 17.8. The van der Waals surface area contributed by atoms with Crippen molar-refractivity contribution in [2.24, 2.45) is 5.16 Å². The number of hydrogen-bond acceptors (Lipinski definition) is 4. The highest BCUT2D eigenvalue weighted by Crippen LogP contribution is 2.29. The van der Waals surface area contributed by atoms with Crippen molar-refractivity contribution in [2.75, 3.05) is 26.2 Å². The minimum Gasteiger partial charge on any atom is -0.395 e. The Morgan fingerprint density at radius 2 is 1.96 bits per heavy atom. The van der Waals surface area contributed by atoms with Gasteiger partial charge in [0, 0.05) is 36.7 Å². The van der Waals surface area contributed by atoms with E-state index in [1.165, 1.54) is 49.7 Å². The molecule has 3 heterocycles. The molecule has 0 aliphatic carbocycles. The van der Waals surface area contributed by atoms with Crippen LogP contribution in [0.15, 0.2) is 23.4 Å². The molecule has 2 N–H and O–H groups in total. The molecule has 3 aliphatic heterocycles. The molecule has 1 aromatic carbocycles. The Labute approximate surface area is 156 Å². The van der Waals surface area contributed by atoms with Crippen LogP contribution in [0.4, 0.5) is 0 Å². The molecule has 2 fully saturated rings. The molecular formula is C21H30N4O. The monoisotopic (exact) mass is 354 g/mol. The molecule has 0 amide bonds. The third-order valence-electron chi connectivity index (χ3n) is 5.85. The van der Waals surface area contributed by atoms with Crippen molar-refractivity contribution >= 4 is 11.5 Å². The number of rotatable bonds is 3. The Morgan fingerprint density at radius 3 is 2.77 bits per heavy atom. The molecule has 5 heteroatoms. The normalized spacial score (nSPS) is 23.9. The summed E-state index contributed by atoms with van der Waals surface area (Å²) in [6.07, 6.45) is 9.53. The minimum absolute atomic E-state index is 0.352. The van der Waals surface area contributed by atoms with Crippen LogP contribution >= 0.6 is 0 Å². The molecule has 5 nitrogen and oxygen atoms in total. The lowest BCUT2D eigenvalue weighted by Gasteiger charge is -2.30. The molecule has 0 radical (unpaired) electrons. The first-order chi connectivity index (χ1) is 12.8. The average molecular weight is 354 g/mol. The second-order valence-electron chi connectivity index (χ2n) is 7.68. The van der Waals surface area contributed by atoms with E-state index in [1.807, 2.05) is 0 Å². The van der Waals surface area contributed by atoms with Crippen LogP contribution in [0.3, 0.4) is 0 Å². The highest BCUT2D eigenvalue weighted by atomic mass is 16.6. The van der Waals surface area contributed by atoms with Crippen LogP contribution in [-0.4, -0.2) is 42.7 Å². The Balaban J connectivity index is 1.66. The van der Waals surface area contributed by atoms with Gasteiger partial charge in [-0.2, -0.15) is 0 Å². The molecule has 0 spiro atoms. The van der Waals surface area contributed by atoms with Gasteiger partial charge in [0.05, 0.1) is 5.71 Å². The van der Waals surface area contributed by atoms with Gasteiger partial charge in [-0.15, -0.1) is 0 Å². The van der Waals surface area contributed by atoms with Crippen molar-refractivity contribution < 1.29 is 4.84 Å². The van der Waals surface area contributed by atoms with Gasteiger partial charge < -0.3 is 15.1 Å². The number of benzene rings is 1. The molecule has 1 atom stereocenters. The summed E-state index contributed by atoms with van der Waals surface area (Å²) in [4.78, 5) is 7.50. The number of nitrogens with zero attached hydrogens (tertiary/aromatic N) is 2. The fraction of sp³-hybridized carbons (Fsp3) is 0.619. The van der Waals surface area contributed by atoms with Crippen molar-refractivity contribution in [3.8, 4) is 0 Å². The van der Waals surface area contributed by atoms with Crippen LogP contribution < -0.4 is 5.32 Å². The lowest BCUT2D eigenvalue weighted by Crippen LogP contribution is -2.35. The van der Waals surface area contributed by atoms with Gasteiger partial charge in [-0.05, 0) is 50.3 Å². The summed E-state index contributed by atoms with van der Waals surface area (Å²) in [6.45, 7) is 3.77. The fourth-order valence-electron chi connectivity index (χ4n) is 4.35. The standard InChI is InChI=1S/C21H30N4O/c22-21(25-12-5-2-6-13-25)16-8-9-17(20-10-14-26-24-20)18(15-16)19-7-3-1-4-11-23-19/h8-9,15,19,22-23H,1-7,10-14H2. The summed E-state index contributed by atoms with van der Waals surface area (Å²) in [5, 5.41) is 16.7. The molecule has 4 rings (SSSR count). The van der Waals surface area contributed by atoms with E-state index in [1.54, 1.807) is 0 Å². The number of oxime groups is 1. The highest BCUT2D eigenvalue weighted by Gasteiger charge is 2.24. The Bertz CT molecular complexity index is 671. The molecule has 0 aromatic heterocycles. The zero-order valence-electron chi connectivity index (χ0n) is 15.6. The van der Waals surface area contributed by atoms with Gasteiger partial charge in [-0.3, -0.25) is 5.41 Å². The maximum atomic E-state index is 8.71. The van der Waals surface area contributed by atoms with E-state index >= 15 is 0 Å². The van der Waals surface area contributed by atoms with E-state index < -0.39 is 0 Å². The van der Waals surface area contributed by atoms with Crippen molar-refractivity contribution in [1.29, 1.82) is 5.41 Å². The van der Waals surface area contributed by atoms with Gasteiger partial charge in [0.1, 0.15) is 12.4 Å². The summed E-state index contributed by atoms with van der Waals surface area (Å²) in [5.41, 5.74) is 4.60. The molecule has 140 valence electrons. The van der Waals surface area contributed by atoms with Crippen molar-refractivity contribution in [3.63, 3.8) is 0 Å². The van der Waals surface area contributed by atoms with Crippen molar-refractivity contribution in [2.45, 2.75) is 57.4 Å². The SMILES string of the molecule is N=C(c1ccc(C2=NOCC2)c(C2CCCCCN2)c1)N1CCCCC1. The van der Waals surface area contributed by atoms with E-state index in [0.717, 1.165) is 43.8 Å². The molecular weight excluding hydrogens is 324 g/mol. The van der Waals surface area contributed by atoms with Crippen molar-refractivity contribution in [1.82, 2.24) is 10.2 Å². The van der Waals surface area contributed by atoms with E-state index in [2.05, 4.69) is 33.6 Å². The van der Waals surface area contributed by atoms with Crippen LogP contribution in [0.1, 0.15) is 74.1 Å². The zero-order valence-corrected chi connectivity index (χ0v) is 15.6. The summed E-state index contributed by atoms with van der Waals surface area (Å²) in [6, 6.07) is 6.87. The number of piperidine rings is 1. The number of nitrogens with one attached hydrogen (secondary N) is 2. The van der Waals surface area contributed by atoms with E-state index in [0.29, 0.717) is 18.5 Å². The first kappa shape index (κ1) is 17.5. The van der Waals surface area contributed by atoms with Gasteiger partial charge in [0.2, 0.25) is 0 Å². The van der Waals surface area contributed by atoms with Gasteiger partial charge in [-0.25, -0.2) is 0 Å². The van der Waals surface area contributed by atoms with Crippen molar-refractivity contribution in [3.05, 3.63) is 34.9 Å². The summed E-state index contributed by atoms with van der Waals surface area (Å²) >= 11 is 0. The highest BCUT2D eigenvalue weighted by molar-refractivity contribution is 6.04. The van der Waals surface area contributed by atoms with Gasteiger partial charge in [0.25, 0.3) is 0 Å². The van der Waals surface area contributed by atoms with E-state index in [9.17, 15) is 0 Å². The quantitative estimate of drug-likeness (QED) is 0.641. The summed E-state index contributed by atoms with van der Waals surface area (Å²) in [7, 11) is 0. The predicted octanol–water partition coefficient (Wildman–Crippen LogP) is 3.83. The lowest BCUT2D eigenvalue weighted by atomic mass is 9.91. The third-order valence-corrected chi connectivity index (χ3v) is 5.85. The van der Waals surface area contributed by atoms with E-state index in [-0.39, 0.29) is 0 Å². The molecule has 1 aromatic rings. The predicted molar refractivity (Wildman–Crippen MR) is 105 cm³/mol. The minimum atomic E-state index is 0.352. The first-order valence-corrected chi connectivity index (χ1v) is 10.2. The largest absolute Gasteiger partial charge is 0.395 e. The van der Waals surface area contributed by atoms with E-state index in [4.69, 9.17) is 10.2 Å². The van der Waals surface area contributed by atoms with Gasteiger partial charge in [-0.1, -0.05) is 30.1 Å². The van der Waals surface area contributed by atoms with Crippen LogP contribution in [0.5, 0.6) is 0 Å². The maximum Gasteiger partial charge on any atom is 0.128 e. The van der Waals surface area contributed by atoms with Crippen LogP contribution in [0.25, 0.3) is 0 Å². The smallest absolute Gasteiger partial charge is 0.128 e. The first-order valence-electron chi connectivity index (χ1n) is 10.2.